The third-order valence-corrected chi connectivity index (χ3v) is 3.71. The van der Waals surface area contributed by atoms with E-state index >= 15 is 0 Å². The number of aliphatic hydroxyl groups is 1. The zero-order valence-electron chi connectivity index (χ0n) is 11.1. The average Bonchev–Trinajstić information content (AvgIpc) is 2.55. The van der Waals surface area contributed by atoms with Crippen molar-refractivity contribution in [2.45, 2.75) is 12.5 Å². The summed E-state index contributed by atoms with van der Waals surface area (Å²) in [5.74, 6) is 0.756. The Balaban J connectivity index is 2.29. The first-order valence-corrected chi connectivity index (χ1v) is 6.31. The van der Waals surface area contributed by atoms with Crippen LogP contribution in [0.15, 0.2) is 42.5 Å². The molecule has 3 rings (SSSR count). The molecule has 1 atom stereocenters. The van der Waals surface area contributed by atoms with Crippen LogP contribution in [0.25, 0.3) is 12.2 Å². The third-order valence-electron chi connectivity index (χ3n) is 3.71. The number of ether oxygens (including phenoxy) is 1. The van der Waals surface area contributed by atoms with Crippen molar-refractivity contribution < 1.29 is 9.84 Å². The molecule has 0 amide bonds. The SMILES string of the molecule is COc1ccc2c(c1)[C@@](C)(O)c1ccccc1C=C2. The number of hydrogen-bond acceptors (Lipinski definition) is 2. The van der Waals surface area contributed by atoms with E-state index < -0.39 is 5.60 Å². The highest BCUT2D eigenvalue weighted by molar-refractivity contribution is 5.77. The lowest BCUT2D eigenvalue weighted by Gasteiger charge is -2.26. The van der Waals surface area contributed by atoms with E-state index in [0.717, 1.165) is 28.0 Å². The van der Waals surface area contributed by atoms with Gasteiger partial charge in [-0.1, -0.05) is 42.5 Å². The molecule has 0 aliphatic heterocycles. The zero-order valence-corrected chi connectivity index (χ0v) is 11.1. The van der Waals surface area contributed by atoms with Gasteiger partial charge in [0.05, 0.1) is 7.11 Å². The van der Waals surface area contributed by atoms with Crippen LogP contribution in [0.4, 0.5) is 0 Å². The Morgan fingerprint density at radius 1 is 0.947 bits per heavy atom. The standard InChI is InChI=1S/C17H16O2/c1-17(18)15-6-4-3-5-12(15)7-8-13-9-10-14(19-2)11-16(13)17/h3-11,18H,1-2H3/t17-/m0/s1. The molecule has 2 nitrogen and oxygen atoms in total. The molecule has 0 unspecified atom stereocenters. The second kappa shape index (κ2) is 4.25. The van der Waals surface area contributed by atoms with E-state index in [-0.39, 0.29) is 0 Å². The van der Waals surface area contributed by atoms with Gasteiger partial charge in [-0.05, 0) is 41.3 Å². The number of benzene rings is 2. The molecule has 0 saturated carbocycles. The molecular formula is C17H16O2. The number of methoxy groups -OCH3 is 1. The summed E-state index contributed by atoms with van der Waals surface area (Å²) in [4.78, 5) is 0. The Bertz CT molecular complexity index is 654. The molecule has 19 heavy (non-hydrogen) atoms. The van der Waals surface area contributed by atoms with Crippen LogP contribution >= 0.6 is 0 Å². The molecule has 1 N–H and O–H groups in total. The first-order valence-electron chi connectivity index (χ1n) is 6.31. The summed E-state index contributed by atoms with van der Waals surface area (Å²) in [6.45, 7) is 1.83. The van der Waals surface area contributed by atoms with Crippen molar-refractivity contribution >= 4 is 12.2 Å². The van der Waals surface area contributed by atoms with Crippen LogP contribution in [0.3, 0.4) is 0 Å². The van der Waals surface area contributed by atoms with E-state index in [2.05, 4.69) is 0 Å². The van der Waals surface area contributed by atoms with Crippen LogP contribution in [0, 0.1) is 0 Å². The smallest absolute Gasteiger partial charge is 0.119 e. The molecule has 0 heterocycles. The second-order valence-electron chi connectivity index (χ2n) is 4.95. The van der Waals surface area contributed by atoms with Gasteiger partial charge in [0, 0.05) is 0 Å². The van der Waals surface area contributed by atoms with Gasteiger partial charge in [0.2, 0.25) is 0 Å². The molecule has 0 spiro atoms. The van der Waals surface area contributed by atoms with Crippen LogP contribution in [0.1, 0.15) is 29.2 Å². The van der Waals surface area contributed by atoms with Gasteiger partial charge in [-0.2, -0.15) is 0 Å². The van der Waals surface area contributed by atoms with Gasteiger partial charge in [0.1, 0.15) is 11.4 Å². The number of fused-ring (bicyclic) bond motifs is 2. The van der Waals surface area contributed by atoms with Crippen molar-refractivity contribution in [3.8, 4) is 5.75 Å². The zero-order chi connectivity index (χ0) is 13.5. The average molecular weight is 252 g/mol. The first kappa shape index (κ1) is 12.0. The topological polar surface area (TPSA) is 29.5 Å². The lowest BCUT2D eigenvalue weighted by atomic mass is 9.85. The molecule has 0 bridgehead atoms. The molecular weight excluding hydrogens is 236 g/mol. The van der Waals surface area contributed by atoms with Gasteiger partial charge in [0.15, 0.2) is 0 Å². The maximum atomic E-state index is 11.0. The number of hydrogen-bond donors (Lipinski definition) is 1. The summed E-state index contributed by atoms with van der Waals surface area (Å²) in [6.07, 6.45) is 4.08. The summed E-state index contributed by atoms with van der Waals surface area (Å²) in [6, 6.07) is 13.7. The van der Waals surface area contributed by atoms with Crippen molar-refractivity contribution in [2.24, 2.45) is 0 Å². The second-order valence-corrected chi connectivity index (χ2v) is 4.95. The van der Waals surface area contributed by atoms with Crippen LogP contribution in [0.2, 0.25) is 0 Å². The predicted octanol–water partition coefficient (Wildman–Crippen LogP) is 3.43. The van der Waals surface area contributed by atoms with Crippen molar-refractivity contribution in [3.63, 3.8) is 0 Å². The quantitative estimate of drug-likeness (QED) is 0.842. The van der Waals surface area contributed by atoms with Crippen LogP contribution in [-0.4, -0.2) is 12.2 Å². The molecule has 2 aromatic carbocycles. The van der Waals surface area contributed by atoms with Gasteiger partial charge in [-0.25, -0.2) is 0 Å². The summed E-state index contributed by atoms with van der Waals surface area (Å²) in [5, 5.41) is 11.0. The van der Waals surface area contributed by atoms with E-state index in [4.69, 9.17) is 4.74 Å². The van der Waals surface area contributed by atoms with Crippen molar-refractivity contribution in [1.29, 1.82) is 0 Å². The van der Waals surface area contributed by atoms with Crippen LogP contribution < -0.4 is 4.74 Å². The van der Waals surface area contributed by atoms with Crippen LogP contribution in [0.5, 0.6) is 5.75 Å². The minimum atomic E-state index is -1.02. The van der Waals surface area contributed by atoms with Gasteiger partial charge in [-0.15, -0.1) is 0 Å². The lowest BCUT2D eigenvalue weighted by molar-refractivity contribution is 0.102. The molecule has 0 radical (unpaired) electrons. The highest BCUT2D eigenvalue weighted by Gasteiger charge is 2.31. The third kappa shape index (κ3) is 1.85. The molecule has 2 heteroatoms. The van der Waals surface area contributed by atoms with Crippen molar-refractivity contribution in [2.75, 3.05) is 7.11 Å². The maximum Gasteiger partial charge on any atom is 0.119 e. The predicted molar refractivity (Wildman–Crippen MR) is 77.0 cm³/mol. The van der Waals surface area contributed by atoms with Crippen LogP contribution in [-0.2, 0) is 5.60 Å². The fraction of sp³-hybridized carbons (Fsp3) is 0.176. The van der Waals surface area contributed by atoms with E-state index in [1.165, 1.54) is 0 Å². The van der Waals surface area contributed by atoms with E-state index in [1.807, 2.05) is 61.5 Å². The van der Waals surface area contributed by atoms with Gasteiger partial charge < -0.3 is 9.84 Å². The first-order chi connectivity index (χ1) is 9.13. The fourth-order valence-electron chi connectivity index (χ4n) is 2.64. The van der Waals surface area contributed by atoms with E-state index in [1.54, 1.807) is 7.11 Å². The molecule has 96 valence electrons. The fourth-order valence-corrected chi connectivity index (χ4v) is 2.64. The Morgan fingerprint density at radius 2 is 1.63 bits per heavy atom. The number of rotatable bonds is 1. The normalized spacial score (nSPS) is 20.4. The Hall–Kier alpha value is -2.06. The summed E-state index contributed by atoms with van der Waals surface area (Å²) < 4.78 is 5.27. The monoisotopic (exact) mass is 252 g/mol. The highest BCUT2D eigenvalue weighted by atomic mass is 16.5. The Kier molecular flexibility index (Phi) is 2.68. The van der Waals surface area contributed by atoms with Gasteiger partial charge in [-0.3, -0.25) is 0 Å². The molecule has 1 aliphatic rings. The van der Waals surface area contributed by atoms with E-state index in [0.29, 0.717) is 0 Å². The Morgan fingerprint density at radius 3 is 2.37 bits per heavy atom. The minimum Gasteiger partial charge on any atom is -0.497 e. The Labute approximate surface area is 113 Å². The lowest BCUT2D eigenvalue weighted by Crippen LogP contribution is -2.24. The molecule has 0 fully saturated rings. The largest absolute Gasteiger partial charge is 0.497 e. The summed E-state index contributed by atoms with van der Waals surface area (Å²) in [7, 11) is 1.64. The van der Waals surface area contributed by atoms with E-state index in [9.17, 15) is 5.11 Å². The van der Waals surface area contributed by atoms with Gasteiger partial charge >= 0.3 is 0 Å². The van der Waals surface area contributed by atoms with Crippen molar-refractivity contribution in [1.82, 2.24) is 0 Å². The van der Waals surface area contributed by atoms with Crippen molar-refractivity contribution in [3.05, 3.63) is 64.7 Å². The molecule has 1 aliphatic carbocycles. The minimum absolute atomic E-state index is 0.756. The molecule has 0 aromatic heterocycles. The van der Waals surface area contributed by atoms with Gasteiger partial charge in [0.25, 0.3) is 0 Å². The molecule has 0 saturated heterocycles. The maximum absolute atomic E-state index is 11.0. The summed E-state index contributed by atoms with van der Waals surface area (Å²) >= 11 is 0. The summed E-state index contributed by atoms with van der Waals surface area (Å²) in [5.41, 5.74) is 2.82. The molecule has 2 aromatic rings. The highest BCUT2D eigenvalue weighted by Crippen LogP contribution is 2.38.